The molecule has 0 fully saturated rings. The van der Waals surface area contributed by atoms with Gasteiger partial charge in [0.15, 0.2) is 0 Å². The molecule has 26 heavy (non-hydrogen) atoms. The zero-order valence-corrected chi connectivity index (χ0v) is 15.4. The Balaban J connectivity index is 1.73. The van der Waals surface area contributed by atoms with Crippen LogP contribution in [0.25, 0.3) is 0 Å². The Labute approximate surface area is 151 Å². The molecular formula is C17H21N3O5S. The lowest BCUT2D eigenvalue weighted by atomic mass is 9.99. The molecule has 1 aromatic heterocycles. The molecule has 0 spiro atoms. The van der Waals surface area contributed by atoms with E-state index >= 15 is 0 Å². The molecule has 1 aromatic carbocycles. The molecule has 8 nitrogen and oxygen atoms in total. The van der Waals surface area contributed by atoms with Gasteiger partial charge < -0.3 is 14.5 Å². The number of aliphatic hydroxyl groups is 1. The predicted octanol–water partition coefficient (Wildman–Crippen LogP) is 0.727. The third kappa shape index (κ3) is 3.95. The number of aliphatic hydroxyl groups excluding tert-OH is 1. The van der Waals surface area contributed by atoms with E-state index in [9.17, 15) is 18.3 Å². The van der Waals surface area contributed by atoms with Gasteiger partial charge in [0.25, 0.3) is 5.91 Å². The molecule has 9 heteroatoms. The lowest BCUT2D eigenvalue weighted by molar-refractivity contribution is -0.140. The van der Waals surface area contributed by atoms with Crippen molar-refractivity contribution in [1.29, 1.82) is 0 Å². The number of nitrogens with zero attached hydrogens (tertiary/aromatic N) is 2. The number of benzene rings is 1. The van der Waals surface area contributed by atoms with E-state index in [2.05, 4.69) is 9.88 Å². The van der Waals surface area contributed by atoms with E-state index in [1.54, 1.807) is 30.0 Å². The number of hydrogen-bond donors (Lipinski definition) is 2. The Morgan fingerprint density at radius 1 is 1.38 bits per heavy atom. The van der Waals surface area contributed by atoms with Gasteiger partial charge in [-0.25, -0.2) is 13.1 Å². The number of carbonyl (C=O) groups excluding carboxylic acids is 1. The van der Waals surface area contributed by atoms with Crippen LogP contribution in [0.2, 0.25) is 0 Å². The third-order valence-electron chi connectivity index (χ3n) is 4.29. The number of fused-ring (bicyclic) bond motifs is 1. The Morgan fingerprint density at radius 2 is 2.15 bits per heavy atom. The Hall–Kier alpha value is -2.23. The van der Waals surface area contributed by atoms with Crippen molar-refractivity contribution < 1.29 is 22.8 Å². The van der Waals surface area contributed by atoms with Crippen LogP contribution in [0.3, 0.4) is 0 Å². The molecule has 1 unspecified atom stereocenters. The van der Waals surface area contributed by atoms with E-state index in [1.807, 2.05) is 0 Å². The Kier molecular flexibility index (Phi) is 5.12. The highest BCUT2D eigenvalue weighted by molar-refractivity contribution is 7.89. The summed E-state index contributed by atoms with van der Waals surface area (Å²) >= 11 is 0. The Morgan fingerprint density at radius 3 is 2.81 bits per heavy atom. The van der Waals surface area contributed by atoms with Gasteiger partial charge in [-0.15, -0.1) is 0 Å². The monoisotopic (exact) mass is 379 g/mol. The van der Waals surface area contributed by atoms with Gasteiger partial charge in [-0.2, -0.15) is 0 Å². The quantitative estimate of drug-likeness (QED) is 0.792. The minimum Gasteiger partial charge on any atom is -0.384 e. The molecule has 2 heterocycles. The summed E-state index contributed by atoms with van der Waals surface area (Å²) in [7, 11) is -3.68. The van der Waals surface area contributed by atoms with E-state index in [4.69, 9.17) is 4.52 Å². The lowest BCUT2D eigenvalue weighted by Crippen LogP contribution is -2.41. The van der Waals surface area contributed by atoms with Gasteiger partial charge in [0, 0.05) is 19.2 Å². The molecule has 2 N–H and O–H groups in total. The maximum absolute atomic E-state index is 12.5. The number of aryl methyl sites for hydroxylation is 1. The van der Waals surface area contributed by atoms with Crippen LogP contribution >= 0.6 is 0 Å². The number of rotatable bonds is 5. The molecule has 140 valence electrons. The second-order valence-corrected chi connectivity index (χ2v) is 8.14. The zero-order chi connectivity index (χ0) is 18.9. The van der Waals surface area contributed by atoms with Crippen LogP contribution in [0.1, 0.15) is 29.5 Å². The summed E-state index contributed by atoms with van der Waals surface area (Å²) in [5.41, 5.74) is 2.28. The molecule has 3 rings (SSSR count). The summed E-state index contributed by atoms with van der Waals surface area (Å²) < 4.78 is 32.4. The van der Waals surface area contributed by atoms with Gasteiger partial charge in [0.2, 0.25) is 10.0 Å². The van der Waals surface area contributed by atoms with Crippen molar-refractivity contribution in [2.45, 2.75) is 44.4 Å². The van der Waals surface area contributed by atoms with Crippen LogP contribution in [0, 0.1) is 6.92 Å². The van der Waals surface area contributed by atoms with Crippen molar-refractivity contribution in [3.63, 3.8) is 0 Å². The number of nitrogens with one attached hydrogen (secondary N) is 1. The van der Waals surface area contributed by atoms with Crippen LogP contribution < -0.4 is 4.72 Å². The highest BCUT2D eigenvalue weighted by Crippen LogP contribution is 2.23. The van der Waals surface area contributed by atoms with Crippen molar-refractivity contribution in [3.8, 4) is 0 Å². The van der Waals surface area contributed by atoms with Crippen LogP contribution in [0.15, 0.2) is 33.7 Å². The molecule has 1 aliphatic heterocycles. The summed E-state index contributed by atoms with van der Waals surface area (Å²) in [5, 5.41) is 13.2. The first kappa shape index (κ1) is 18.6. The molecule has 0 aliphatic carbocycles. The first-order valence-corrected chi connectivity index (χ1v) is 9.75. The fourth-order valence-corrected chi connectivity index (χ4v) is 3.95. The molecule has 0 saturated heterocycles. The fourth-order valence-electron chi connectivity index (χ4n) is 2.90. The van der Waals surface area contributed by atoms with Gasteiger partial charge in [-0.05, 0) is 43.5 Å². The van der Waals surface area contributed by atoms with Crippen molar-refractivity contribution in [2.24, 2.45) is 0 Å². The van der Waals surface area contributed by atoms with Crippen molar-refractivity contribution in [2.75, 3.05) is 6.54 Å². The van der Waals surface area contributed by atoms with Crippen molar-refractivity contribution in [3.05, 3.63) is 46.8 Å². The topological polar surface area (TPSA) is 113 Å². The van der Waals surface area contributed by atoms with E-state index in [1.165, 1.54) is 13.0 Å². The van der Waals surface area contributed by atoms with Gasteiger partial charge in [-0.1, -0.05) is 11.2 Å². The van der Waals surface area contributed by atoms with E-state index in [0.29, 0.717) is 31.0 Å². The SMILES string of the molecule is Cc1cc(CNS(=O)(=O)c2ccc3c(c2)CCN(C(=O)C(C)O)C3)no1. The lowest BCUT2D eigenvalue weighted by Gasteiger charge is -2.30. The van der Waals surface area contributed by atoms with E-state index < -0.39 is 16.1 Å². The standard InChI is InChI=1S/C17H21N3O5S/c1-11-7-15(19-25-11)9-18-26(23,24)16-4-3-14-10-20(17(22)12(2)21)6-5-13(14)8-16/h3-4,7-8,12,18,21H,5-6,9-10H2,1-2H3. The molecule has 0 saturated carbocycles. The maximum atomic E-state index is 12.5. The molecule has 0 bridgehead atoms. The van der Waals surface area contributed by atoms with Gasteiger partial charge in [0.05, 0.1) is 17.1 Å². The Bertz CT molecular complexity index is 920. The first-order valence-electron chi connectivity index (χ1n) is 8.27. The van der Waals surface area contributed by atoms with Gasteiger partial charge >= 0.3 is 0 Å². The third-order valence-corrected chi connectivity index (χ3v) is 5.69. The highest BCUT2D eigenvalue weighted by Gasteiger charge is 2.25. The molecular weight excluding hydrogens is 358 g/mol. The summed E-state index contributed by atoms with van der Waals surface area (Å²) in [4.78, 5) is 13.7. The molecule has 1 aliphatic rings. The van der Waals surface area contributed by atoms with Crippen LogP contribution in [0.5, 0.6) is 0 Å². The smallest absolute Gasteiger partial charge is 0.251 e. The first-order chi connectivity index (χ1) is 12.3. The molecule has 2 aromatic rings. The largest absolute Gasteiger partial charge is 0.384 e. The number of sulfonamides is 1. The minimum atomic E-state index is -3.68. The number of carbonyl (C=O) groups is 1. The zero-order valence-electron chi connectivity index (χ0n) is 14.6. The average Bonchev–Trinajstić information content (AvgIpc) is 3.04. The number of hydrogen-bond acceptors (Lipinski definition) is 6. The summed E-state index contributed by atoms with van der Waals surface area (Å²) in [6.45, 7) is 4.04. The van der Waals surface area contributed by atoms with Gasteiger partial charge in [-0.3, -0.25) is 4.79 Å². The fraction of sp³-hybridized carbons (Fsp3) is 0.412. The predicted molar refractivity (Wildman–Crippen MR) is 92.5 cm³/mol. The minimum absolute atomic E-state index is 0.0490. The number of aromatic nitrogens is 1. The summed E-state index contributed by atoms with van der Waals surface area (Å²) in [6.07, 6.45) is -0.500. The van der Waals surface area contributed by atoms with E-state index in [-0.39, 0.29) is 17.3 Å². The van der Waals surface area contributed by atoms with Gasteiger partial charge in [0.1, 0.15) is 11.9 Å². The van der Waals surface area contributed by atoms with E-state index in [0.717, 1.165) is 11.1 Å². The highest BCUT2D eigenvalue weighted by atomic mass is 32.2. The van der Waals surface area contributed by atoms with Crippen molar-refractivity contribution >= 4 is 15.9 Å². The average molecular weight is 379 g/mol. The van der Waals surface area contributed by atoms with Crippen LogP contribution in [0.4, 0.5) is 0 Å². The maximum Gasteiger partial charge on any atom is 0.251 e. The second kappa shape index (κ2) is 7.18. The summed E-state index contributed by atoms with van der Waals surface area (Å²) in [5.74, 6) is 0.293. The normalized spacial score (nSPS) is 15.6. The second-order valence-electron chi connectivity index (χ2n) is 6.37. The van der Waals surface area contributed by atoms with Crippen molar-refractivity contribution in [1.82, 2.24) is 14.8 Å². The number of amides is 1. The molecule has 1 amide bonds. The molecule has 1 atom stereocenters. The molecule has 0 radical (unpaired) electrons. The van der Waals surface area contributed by atoms with Crippen LogP contribution in [-0.2, 0) is 34.3 Å². The van der Waals surface area contributed by atoms with Crippen LogP contribution in [-0.4, -0.2) is 42.1 Å². The summed E-state index contributed by atoms with van der Waals surface area (Å²) in [6, 6.07) is 6.54.